The number of hydrogen-bond donors (Lipinski definition) is 0. The first kappa shape index (κ1) is 14.4. The van der Waals surface area contributed by atoms with E-state index >= 15 is 0 Å². The summed E-state index contributed by atoms with van der Waals surface area (Å²) < 4.78 is 0. The van der Waals surface area contributed by atoms with Crippen LogP contribution in [0, 0.1) is 19.8 Å². The van der Waals surface area contributed by atoms with Crippen molar-refractivity contribution in [1.82, 2.24) is 9.88 Å². The predicted octanol–water partition coefficient (Wildman–Crippen LogP) is 2.93. The molecule has 2 atom stereocenters. The second-order valence-corrected chi connectivity index (χ2v) is 6.59. The van der Waals surface area contributed by atoms with E-state index in [0.29, 0.717) is 5.92 Å². The van der Waals surface area contributed by atoms with Crippen molar-refractivity contribution in [1.29, 1.82) is 0 Å². The lowest BCUT2D eigenvalue weighted by Crippen LogP contribution is -2.23. The van der Waals surface area contributed by atoms with Gasteiger partial charge in [0.1, 0.15) is 6.10 Å². The van der Waals surface area contributed by atoms with Crippen molar-refractivity contribution < 1.29 is 4.84 Å². The van der Waals surface area contributed by atoms with Gasteiger partial charge in [-0.1, -0.05) is 35.0 Å². The second-order valence-electron chi connectivity index (χ2n) is 6.59. The van der Waals surface area contributed by atoms with Crippen LogP contribution in [0.2, 0.25) is 0 Å². The Hall–Kier alpha value is -2.20. The molecule has 2 aliphatic rings. The summed E-state index contributed by atoms with van der Waals surface area (Å²) in [5.41, 5.74) is 6.15. The molecule has 2 unspecified atom stereocenters. The number of oxime groups is 1. The van der Waals surface area contributed by atoms with Crippen LogP contribution < -0.4 is 0 Å². The molecule has 1 aromatic carbocycles. The van der Waals surface area contributed by atoms with Crippen molar-refractivity contribution in [3.8, 4) is 0 Å². The quantitative estimate of drug-likeness (QED) is 0.875. The van der Waals surface area contributed by atoms with Crippen LogP contribution in [0.25, 0.3) is 0 Å². The maximum absolute atomic E-state index is 5.71. The van der Waals surface area contributed by atoms with Crippen LogP contribution in [0.15, 0.2) is 47.9 Å². The number of fused-ring (bicyclic) bond motifs is 1. The van der Waals surface area contributed by atoms with Gasteiger partial charge in [-0.3, -0.25) is 9.88 Å². The standard InChI is InChI=1S/C19H21N3O/c1-13-3-5-15(6-4-13)19-17-11-22(12-18(17)23-21-19)10-16-7-8-20-9-14(16)2/h3-9,17-18H,10-12H2,1-2H3. The lowest BCUT2D eigenvalue weighted by atomic mass is 9.94. The van der Waals surface area contributed by atoms with Crippen LogP contribution in [0.1, 0.15) is 22.3 Å². The van der Waals surface area contributed by atoms with Gasteiger partial charge in [0.25, 0.3) is 0 Å². The second kappa shape index (κ2) is 5.78. The van der Waals surface area contributed by atoms with E-state index in [1.165, 1.54) is 22.3 Å². The first-order chi connectivity index (χ1) is 11.2. The Kier molecular flexibility index (Phi) is 3.62. The average molecular weight is 307 g/mol. The molecule has 0 bridgehead atoms. The molecular formula is C19H21N3O. The molecule has 0 radical (unpaired) electrons. The molecule has 3 heterocycles. The molecule has 0 spiro atoms. The van der Waals surface area contributed by atoms with Gasteiger partial charge in [-0.15, -0.1) is 0 Å². The van der Waals surface area contributed by atoms with E-state index in [2.05, 4.69) is 59.2 Å². The van der Waals surface area contributed by atoms with Crippen LogP contribution in [0.5, 0.6) is 0 Å². The van der Waals surface area contributed by atoms with Crippen LogP contribution in [-0.2, 0) is 11.4 Å². The molecule has 118 valence electrons. The Morgan fingerprint density at radius 1 is 1.13 bits per heavy atom. The van der Waals surface area contributed by atoms with Gasteiger partial charge in [0.05, 0.1) is 11.6 Å². The lowest BCUT2D eigenvalue weighted by Gasteiger charge is -2.17. The van der Waals surface area contributed by atoms with E-state index < -0.39 is 0 Å². The minimum Gasteiger partial charge on any atom is -0.390 e. The van der Waals surface area contributed by atoms with Crippen molar-refractivity contribution >= 4 is 5.71 Å². The third kappa shape index (κ3) is 2.75. The molecule has 2 aromatic rings. The van der Waals surface area contributed by atoms with E-state index in [0.717, 1.165) is 25.3 Å². The van der Waals surface area contributed by atoms with E-state index in [1.54, 1.807) is 0 Å². The molecule has 23 heavy (non-hydrogen) atoms. The largest absolute Gasteiger partial charge is 0.390 e. The van der Waals surface area contributed by atoms with Crippen molar-refractivity contribution in [2.45, 2.75) is 26.5 Å². The first-order valence-electron chi connectivity index (χ1n) is 8.13. The molecule has 4 nitrogen and oxygen atoms in total. The third-order valence-electron chi connectivity index (χ3n) is 4.86. The summed E-state index contributed by atoms with van der Waals surface area (Å²) in [5.74, 6) is 0.375. The predicted molar refractivity (Wildman–Crippen MR) is 90.3 cm³/mol. The number of aromatic nitrogens is 1. The summed E-state index contributed by atoms with van der Waals surface area (Å²) in [5, 5.41) is 4.36. The van der Waals surface area contributed by atoms with Crippen molar-refractivity contribution in [2.75, 3.05) is 13.1 Å². The minimum atomic E-state index is 0.188. The zero-order valence-corrected chi connectivity index (χ0v) is 13.6. The van der Waals surface area contributed by atoms with Gasteiger partial charge < -0.3 is 4.84 Å². The van der Waals surface area contributed by atoms with E-state index in [-0.39, 0.29) is 6.10 Å². The number of benzene rings is 1. The van der Waals surface area contributed by atoms with Crippen molar-refractivity contribution in [3.05, 3.63) is 65.0 Å². The SMILES string of the molecule is Cc1ccc(C2=NOC3CN(Cc4ccncc4C)CC23)cc1. The third-order valence-corrected chi connectivity index (χ3v) is 4.86. The summed E-state index contributed by atoms with van der Waals surface area (Å²) in [7, 11) is 0. The first-order valence-corrected chi connectivity index (χ1v) is 8.13. The van der Waals surface area contributed by atoms with E-state index in [9.17, 15) is 0 Å². The monoisotopic (exact) mass is 307 g/mol. The number of likely N-dealkylation sites (tertiary alicyclic amines) is 1. The number of hydrogen-bond acceptors (Lipinski definition) is 4. The Labute approximate surface area is 136 Å². The van der Waals surface area contributed by atoms with Crippen LogP contribution >= 0.6 is 0 Å². The molecule has 0 aliphatic carbocycles. The average Bonchev–Trinajstić information content (AvgIpc) is 3.11. The van der Waals surface area contributed by atoms with Gasteiger partial charge in [-0.05, 0) is 36.6 Å². The van der Waals surface area contributed by atoms with Crippen LogP contribution in [0.3, 0.4) is 0 Å². The summed E-state index contributed by atoms with van der Waals surface area (Å²) in [6.07, 6.45) is 3.99. The number of nitrogens with zero attached hydrogens (tertiary/aromatic N) is 3. The zero-order valence-electron chi connectivity index (χ0n) is 13.6. The van der Waals surface area contributed by atoms with Gasteiger partial charge in [0, 0.05) is 32.0 Å². The highest BCUT2D eigenvalue weighted by Gasteiger charge is 2.42. The molecule has 4 rings (SSSR count). The Bertz CT molecular complexity index is 739. The molecule has 4 heteroatoms. The summed E-state index contributed by atoms with van der Waals surface area (Å²) in [4.78, 5) is 12.3. The van der Waals surface area contributed by atoms with Crippen molar-refractivity contribution in [3.63, 3.8) is 0 Å². The number of pyridine rings is 1. The van der Waals surface area contributed by atoms with Crippen LogP contribution in [0.4, 0.5) is 0 Å². The molecule has 0 amide bonds. The topological polar surface area (TPSA) is 37.7 Å². The highest BCUT2D eigenvalue weighted by Crippen LogP contribution is 2.31. The number of aryl methyl sites for hydroxylation is 2. The summed E-state index contributed by atoms with van der Waals surface area (Å²) in [6.45, 7) is 7.11. The Morgan fingerprint density at radius 2 is 1.96 bits per heavy atom. The fourth-order valence-corrected chi connectivity index (χ4v) is 3.45. The normalized spacial score (nSPS) is 23.5. The lowest BCUT2D eigenvalue weighted by molar-refractivity contribution is 0.0745. The zero-order chi connectivity index (χ0) is 15.8. The highest BCUT2D eigenvalue weighted by atomic mass is 16.6. The Balaban J connectivity index is 1.49. The van der Waals surface area contributed by atoms with Crippen molar-refractivity contribution in [2.24, 2.45) is 11.1 Å². The maximum Gasteiger partial charge on any atom is 0.149 e. The van der Waals surface area contributed by atoms with E-state index in [1.807, 2.05) is 12.4 Å². The molecule has 1 fully saturated rings. The Morgan fingerprint density at radius 3 is 2.74 bits per heavy atom. The van der Waals surface area contributed by atoms with E-state index in [4.69, 9.17) is 4.84 Å². The van der Waals surface area contributed by atoms with Gasteiger partial charge >= 0.3 is 0 Å². The van der Waals surface area contributed by atoms with Gasteiger partial charge in [0.2, 0.25) is 0 Å². The van der Waals surface area contributed by atoms with Gasteiger partial charge in [-0.25, -0.2) is 0 Å². The fourth-order valence-electron chi connectivity index (χ4n) is 3.45. The molecule has 1 saturated heterocycles. The minimum absolute atomic E-state index is 0.188. The molecular weight excluding hydrogens is 286 g/mol. The van der Waals surface area contributed by atoms with Gasteiger partial charge in [-0.2, -0.15) is 0 Å². The molecule has 1 aromatic heterocycles. The van der Waals surface area contributed by atoms with Gasteiger partial charge in [0.15, 0.2) is 0 Å². The van der Waals surface area contributed by atoms with Crippen LogP contribution in [-0.4, -0.2) is 34.8 Å². The maximum atomic E-state index is 5.71. The number of rotatable bonds is 3. The highest BCUT2D eigenvalue weighted by molar-refractivity contribution is 6.03. The summed E-state index contributed by atoms with van der Waals surface area (Å²) in [6, 6.07) is 10.7. The smallest absolute Gasteiger partial charge is 0.149 e. The summed E-state index contributed by atoms with van der Waals surface area (Å²) >= 11 is 0. The fraction of sp³-hybridized carbons (Fsp3) is 0.368. The molecule has 0 N–H and O–H groups in total. The molecule has 0 saturated carbocycles. The molecule has 2 aliphatic heterocycles.